The maximum atomic E-state index is 11.4. The minimum absolute atomic E-state index is 0.261. The zero-order valence-electron chi connectivity index (χ0n) is 11.0. The molecule has 0 spiro atoms. The third-order valence-electron chi connectivity index (χ3n) is 2.95. The Hall–Kier alpha value is -1.36. The number of carboxylic acids is 1. The lowest BCUT2D eigenvalue weighted by atomic mass is 9.84. The van der Waals surface area contributed by atoms with Crippen LogP contribution in [0.1, 0.15) is 25.0 Å². The van der Waals surface area contributed by atoms with Crippen LogP contribution in [-0.4, -0.2) is 25.7 Å². The van der Waals surface area contributed by atoms with Crippen LogP contribution in [0.5, 0.6) is 0 Å². The van der Waals surface area contributed by atoms with Crippen molar-refractivity contribution >= 4 is 15.8 Å². The molecule has 0 saturated heterocycles. The highest BCUT2D eigenvalue weighted by molar-refractivity contribution is 7.90. The lowest BCUT2D eigenvalue weighted by Gasteiger charge is -2.20. The van der Waals surface area contributed by atoms with Gasteiger partial charge in [-0.3, -0.25) is 4.79 Å². The molecule has 0 aromatic heterocycles. The number of carbonyl (C=O) groups is 1. The molecule has 1 N–H and O–H groups in total. The van der Waals surface area contributed by atoms with Gasteiger partial charge in [0, 0.05) is 6.26 Å². The van der Waals surface area contributed by atoms with Crippen molar-refractivity contribution < 1.29 is 18.3 Å². The molecule has 4 nitrogen and oxygen atoms in total. The monoisotopic (exact) mass is 270 g/mol. The van der Waals surface area contributed by atoms with Crippen molar-refractivity contribution in [3.05, 3.63) is 29.3 Å². The van der Waals surface area contributed by atoms with Crippen molar-refractivity contribution in [2.24, 2.45) is 5.41 Å². The fraction of sp³-hybridized carbons (Fsp3) is 0.462. The summed E-state index contributed by atoms with van der Waals surface area (Å²) in [6, 6.07) is 4.80. The molecule has 0 aliphatic carbocycles. The van der Waals surface area contributed by atoms with Crippen LogP contribution in [0, 0.1) is 12.3 Å². The Bertz CT molecular complexity index is 571. The Morgan fingerprint density at radius 3 is 2.28 bits per heavy atom. The SMILES string of the molecule is Cc1cc(S(C)(=O)=O)ccc1CC(C)(C)C(=O)O. The van der Waals surface area contributed by atoms with Crippen LogP contribution in [0.4, 0.5) is 0 Å². The second-order valence-electron chi connectivity index (χ2n) is 5.23. The standard InChI is InChI=1S/C13H18O4S/c1-9-7-11(18(4,16)17)6-5-10(9)8-13(2,3)12(14)15/h5-7H,8H2,1-4H3,(H,14,15). The van der Waals surface area contributed by atoms with Gasteiger partial charge in [0.1, 0.15) is 0 Å². The van der Waals surface area contributed by atoms with Gasteiger partial charge < -0.3 is 5.11 Å². The lowest BCUT2D eigenvalue weighted by molar-refractivity contribution is -0.146. The minimum Gasteiger partial charge on any atom is -0.481 e. The van der Waals surface area contributed by atoms with Crippen LogP contribution in [0.25, 0.3) is 0 Å². The topological polar surface area (TPSA) is 71.4 Å². The van der Waals surface area contributed by atoms with Crippen molar-refractivity contribution in [1.29, 1.82) is 0 Å². The second-order valence-corrected chi connectivity index (χ2v) is 7.24. The van der Waals surface area contributed by atoms with Gasteiger partial charge in [0.15, 0.2) is 9.84 Å². The molecule has 18 heavy (non-hydrogen) atoms. The van der Waals surface area contributed by atoms with Gasteiger partial charge in [-0.05, 0) is 50.5 Å². The van der Waals surface area contributed by atoms with Crippen molar-refractivity contribution in [3.8, 4) is 0 Å². The first-order valence-corrected chi connectivity index (χ1v) is 7.46. The number of benzene rings is 1. The summed E-state index contributed by atoms with van der Waals surface area (Å²) in [6.07, 6.45) is 1.53. The Morgan fingerprint density at radius 2 is 1.89 bits per heavy atom. The van der Waals surface area contributed by atoms with Gasteiger partial charge in [-0.15, -0.1) is 0 Å². The summed E-state index contributed by atoms with van der Waals surface area (Å²) in [4.78, 5) is 11.3. The molecular formula is C13H18O4S. The number of rotatable bonds is 4. The summed E-state index contributed by atoms with van der Waals surface area (Å²) < 4.78 is 22.8. The predicted molar refractivity (Wildman–Crippen MR) is 69.4 cm³/mol. The molecule has 0 aliphatic heterocycles. The van der Waals surface area contributed by atoms with Gasteiger partial charge in [0.25, 0.3) is 0 Å². The van der Waals surface area contributed by atoms with Gasteiger partial charge in [0.2, 0.25) is 0 Å². The molecule has 0 radical (unpaired) electrons. The zero-order chi connectivity index (χ0) is 14.1. The zero-order valence-corrected chi connectivity index (χ0v) is 11.8. The van der Waals surface area contributed by atoms with E-state index in [0.717, 1.165) is 17.4 Å². The normalized spacial score (nSPS) is 12.4. The Labute approximate surface area is 108 Å². The van der Waals surface area contributed by atoms with E-state index >= 15 is 0 Å². The quantitative estimate of drug-likeness (QED) is 0.909. The highest BCUT2D eigenvalue weighted by atomic mass is 32.2. The fourth-order valence-electron chi connectivity index (χ4n) is 1.65. The molecule has 0 amide bonds. The summed E-state index contributed by atoms with van der Waals surface area (Å²) in [5.41, 5.74) is 0.791. The number of aryl methyl sites for hydroxylation is 1. The van der Waals surface area contributed by atoms with E-state index in [1.165, 1.54) is 6.07 Å². The molecule has 0 bridgehead atoms. The number of carboxylic acid groups (broad SMARTS) is 1. The molecule has 0 fully saturated rings. The smallest absolute Gasteiger partial charge is 0.309 e. The van der Waals surface area contributed by atoms with Crippen molar-refractivity contribution in [2.45, 2.75) is 32.1 Å². The van der Waals surface area contributed by atoms with Crippen molar-refractivity contribution in [3.63, 3.8) is 0 Å². The van der Waals surface area contributed by atoms with E-state index < -0.39 is 21.2 Å². The summed E-state index contributed by atoms with van der Waals surface area (Å²) >= 11 is 0. The first-order chi connectivity index (χ1) is 8.04. The van der Waals surface area contributed by atoms with Crippen LogP contribution in [0.15, 0.2) is 23.1 Å². The maximum absolute atomic E-state index is 11.4. The van der Waals surface area contributed by atoms with Gasteiger partial charge in [0.05, 0.1) is 10.3 Å². The molecule has 1 aromatic rings. The summed E-state index contributed by atoms with van der Waals surface area (Å²) in [6.45, 7) is 5.10. The third kappa shape index (κ3) is 3.32. The van der Waals surface area contributed by atoms with E-state index in [-0.39, 0.29) is 4.90 Å². The highest BCUT2D eigenvalue weighted by Crippen LogP contribution is 2.25. The van der Waals surface area contributed by atoms with Gasteiger partial charge in [-0.2, -0.15) is 0 Å². The van der Waals surface area contributed by atoms with Crippen LogP contribution >= 0.6 is 0 Å². The number of hydrogen-bond acceptors (Lipinski definition) is 3. The van der Waals surface area contributed by atoms with Gasteiger partial charge in [-0.1, -0.05) is 6.07 Å². The van der Waals surface area contributed by atoms with E-state index in [9.17, 15) is 13.2 Å². The number of hydrogen-bond donors (Lipinski definition) is 1. The average molecular weight is 270 g/mol. The molecular weight excluding hydrogens is 252 g/mol. The van der Waals surface area contributed by atoms with Crippen molar-refractivity contribution in [2.75, 3.05) is 6.26 Å². The molecule has 0 heterocycles. The maximum Gasteiger partial charge on any atom is 0.309 e. The Morgan fingerprint density at radius 1 is 1.33 bits per heavy atom. The fourth-order valence-corrected chi connectivity index (χ4v) is 2.36. The molecule has 5 heteroatoms. The molecule has 0 unspecified atom stereocenters. The molecule has 0 atom stereocenters. The Balaban J connectivity index is 3.12. The van der Waals surface area contributed by atoms with E-state index in [2.05, 4.69) is 0 Å². The van der Waals surface area contributed by atoms with Gasteiger partial charge in [-0.25, -0.2) is 8.42 Å². The van der Waals surface area contributed by atoms with Crippen LogP contribution < -0.4 is 0 Å². The second kappa shape index (κ2) is 4.72. The molecule has 0 saturated carbocycles. The molecule has 1 rings (SSSR count). The van der Waals surface area contributed by atoms with Crippen LogP contribution in [0.2, 0.25) is 0 Å². The summed E-state index contributed by atoms with van der Waals surface area (Å²) in [5.74, 6) is -0.867. The molecule has 1 aromatic carbocycles. The molecule has 100 valence electrons. The lowest BCUT2D eigenvalue weighted by Crippen LogP contribution is -2.26. The van der Waals surface area contributed by atoms with Crippen LogP contribution in [0.3, 0.4) is 0 Å². The van der Waals surface area contributed by atoms with E-state index in [4.69, 9.17) is 5.11 Å². The summed E-state index contributed by atoms with van der Waals surface area (Å²) in [7, 11) is -3.22. The predicted octanol–water partition coefficient (Wildman–Crippen LogP) is 2.05. The largest absolute Gasteiger partial charge is 0.481 e. The van der Waals surface area contributed by atoms with E-state index in [0.29, 0.717) is 6.42 Å². The number of aliphatic carboxylic acids is 1. The average Bonchev–Trinajstić information content (AvgIpc) is 2.19. The third-order valence-corrected chi connectivity index (χ3v) is 4.06. The number of sulfone groups is 1. The van der Waals surface area contributed by atoms with Crippen molar-refractivity contribution in [1.82, 2.24) is 0 Å². The van der Waals surface area contributed by atoms with Crippen LogP contribution in [-0.2, 0) is 21.1 Å². The minimum atomic E-state index is -3.22. The van der Waals surface area contributed by atoms with Gasteiger partial charge >= 0.3 is 5.97 Å². The Kier molecular flexibility index (Phi) is 3.86. The van der Waals surface area contributed by atoms with E-state index in [1.807, 2.05) is 0 Å². The highest BCUT2D eigenvalue weighted by Gasteiger charge is 2.28. The summed E-state index contributed by atoms with van der Waals surface area (Å²) in [5, 5.41) is 9.08. The first-order valence-electron chi connectivity index (χ1n) is 5.57. The first kappa shape index (κ1) is 14.7. The molecule has 0 aliphatic rings. The van der Waals surface area contributed by atoms with E-state index in [1.54, 1.807) is 32.9 Å².